The third-order valence-electron chi connectivity index (χ3n) is 3.64. The molecule has 0 aliphatic heterocycles. The van der Waals surface area contributed by atoms with Gasteiger partial charge in [0.25, 0.3) is 0 Å². The summed E-state index contributed by atoms with van der Waals surface area (Å²) < 4.78 is 27.1. The summed E-state index contributed by atoms with van der Waals surface area (Å²) in [5.74, 6) is -0.760. The molecule has 0 amide bonds. The molecule has 0 spiro atoms. The highest BCUT2D eigenvalue weighted by molar-refractivity contribution is 7.89. The van der Waals surface area contributed by atoms with E-state index in [9.17, 15) is 18.3 Å². The predicted molar refractivity (Wildman–Crippen MR) is 96.1 cm³/mol. The summed E-state index contributed by atoms with van der Waals surface area (Å²) in [7, 11) is -3.70. The number of anilines is 1. The van der Waals surface area contributed by atoms with Crippen molar-refractivity contribution in [2.24, 2.45) is 5.92 Å². The average Bonchev–Trinajstić information content (AvgIpc) is 2.50. The molecular formula is C17H28N2O4S. The van der Waals surface area contributed by atoms with E-state index in [4.69, 9.17) is 0 Å². The summed E-state index contributed by atoms with van der Waals surface area (Å²) in [6, 6.07) is 4.17. The Morgan fingerprint density at radius 3 is 2.50 bits per heavy atom. The zero-order valence-electron chi connectivity index (χ0n) is 14.6. The molecule has 136 valence electrons. The molecule has 1 aromatic carbocycles. The van der Waals surface area contributed by atoms with E-state index in [1.54, 1.807) is 0 Å². The summed E-state index contributed by atoms with van der Waals surface area (Å²) in [6.45, 7) is 7.10. The Morgan fingerprint density at radius 1 is 1.21 bits per heavy atom. The van der Waals surface area contributed by atoms with Crippen LogP contribution in [0, 0.1) is 5.92 Å². The number of hydrogen-bond acceptors (Lipinski definition) is 4. The number of nitrogens with one attached hydrogen (secondary N) is 2. The molecule has 0 bridgehead atoms. The van der Waals surface area contributed by atoms with E-state index in [-0.39, 0.29) is 10.5 Å². The first kappa shape index (κ1) is 20.4. The third kappa shape index (κ3) is 6.49. The number of hydrogen-bond donors (Lipinski definition) is 3. The van der Waals surface area contributed by atoms with Crippen molar-refractivity contribution in [1.82, 2.24) is 4.72 Å². The number of sulfonamides is 1. The maximum Gasteiger partial charge on any atom is 0.337 e. The maximum atomic E-state index is 12.3. The van der Waals surface area contributed by atoms with Gasteiger partial charge in [-0.05, 0) is 37.0 Å². The van der Waals surface area contributed by atoms with Crippen molar-refractivity contribution >= 4 is 21.7 Å². The van der Waals surface area contributed by atoms with Gasteiger partial charge in [0.05, 0.1) is 10.5 Å². The van der Waals surface area contributed by atoms with Gasteiger partial charge in [0.1, 0.15) is 0 Å². The van der Waals surface area contributed by atoms with Crippen LogP contribution in [0.2, 0.25) is 0 Å². The topological polar surface area (TPSA) is 95.5 Å². The SMILES string of the molecule is CCCCCNc1ccc(S(=O)(=O)NCCC(C)C)cc1C(=O)O. The molecule has 0 radical (unpaired) electrons. The Hall–Kier alpha value is -1.60. The van der Waals surface area contributed by atoms with Crippen molar-refractivity contribution in [3.05, 3.63) is 23.8 Å². The van der Waals surface area contributed by atoms with Crippen molar-refractivity contribution in [2.75, 3.05) is 18.4 Å². The van der Waals surface area contributed by atoms with Gasteiger partial charge in [-0.3, -0.25) is 0 Å². The van der Waals surface area contributed by atoms with Crippen molar-refractivity contribution in [3.8, 4) is 0 Å². The van der Waals surface area contributed by atoms with Crippen molar-refractivity contribution in [1.29, 1.82) is 0 Å². The fraction of sp³-hybridized carbons (Fsp3) is 0.588. The van der Waals surface area contributed by atoms with Crippen LogP contribution in [0.25, 0.3) is 0 Å². The minimum absolute atomic E-state index is 0.0252. The van der Waals surface area contributed by atoms with Gasteiger partial charge in [-0.1, -0.05) is 33.6 Å². The molecule has 0 unspecified atom stereocenters. The Morgan fingerprint density at radius 2 is 1.92 bits per heavy atom. The molecule has 0 aliphatic rings. The van der Waals surface area contributed by atoms with Gasteiger partial charge in [0, 0.05) is 18.8 Å². The second kappa shape index (κ2) is 9.64. The molecule has 1 aromatic rings. The monoisotopic (exact) mass is 356 g/mol. The fourth-order valence-electron chi connectivity index (χ4n) is 2.18. The van der Waals surface area contributed by atoms with Crippen molar-refractivity contribution in [2.45, 2.75) is 51.3 Å². The molecule has 7 heteroatoms. The van der Waals surface area contributed by atoms with Crippen LogP contribution in [0.3, 0.4) is 0 Å². The molecule has 0 aromatic heterocycles. The Labute approximate surface area is 144 Å². The van der Waals surface area contributed by atoms with Gasteiger partial charge in [0.2, 0.25) is 10.0 Å². The molecule has 24 heavy (non-hydrogen) atoms. The zero-order chi connectivity index (χ0) is 18.2. The minimum atomic E-state index is -3.70. The standard InChI is InChI=1S/C17H28N2O4S/c1-4-5-6-10-18-16-8-7-14(12-15(16)17(20)21)24(22,23)19-11-9-13(2)3/h7-8,12-13,18-19H,4-6,9-11H2,1-3H3,(H,20,21). The molecule has 0 saturated carbocycles. The molecule has 0 aliphatic carbocycles. The predicted octanol–water partition coefficient (Wildman–Crippen LogP) is 3.31. The molecule has 3 N–H and O–H groups in total. The van der Waals surface area contributed by atoms with Crippen LogP contribution in [-0.2, 0) is 10.0 Å². The second-order valence-corrected chi connectivity index (χ2v) is 7.99. The van der Waals surface area contributed by atoms with Crippen LogP contribution < -0.4 is 10.0 Å². The number of unbranched alkanes of at least 4 members (excludes halogenated alkanes) is 2. The number of aromatic carboxylic acids is 1. The van der Waals surface area contributed by atoms with Gasteiger partial charge < -0.3 is 10.4 Å². The van der Waals surface area contributed by atoms with E-state index in [1.165, 1.54) is 18.2 Å². The summed E-state index contributed by atoms with van der Waals surface area (Å²) in [4.78, 5) is 11.4. The van der Waals surface area contributed by atoms with Crippen LogP contribution >= 0.6 is 0 Å². The number of carbonyl (C=O) groups is 1. The van der Waals surface area contributed by atoms with Crippen molar-refractivity contribution in [3.63, 3.8) is 0 Å². The summed E-state index contributed by atoms with van der Waals surface area (Å²) >= 11 is 0. The first-order valence-corrected chi connectivity index (χ1v) is 9.87. The van der Waals surface area contributed by atoms with Crippen molar-refractivity contribution < 1.29 is 18.3 Å². The van der Waals surface area contributed by atoms with Crippen LogP contribution in [0.1, 0.15) is 56.8 Å². The number of carboxylic acid groups (broad SMARTS) is 1. The normalized spacial score (nSPS) is 11.7. The van der Waals surface area contributed by atoms with Crippen LogP contribution in [0.15, 0.2) is 23.1 Å². The van der Waals surface area contributed by atoms with Crippen LogP contribution in [-0.4, -0.2) is 32.6 Å². The highest BCUT2D eigenvalue weighted by atomic mass is 32.2. The molecule has 0 saturated heterocycles. The van der Waals surface area contributed by atoms with Crippen LogP contribution in [0.4, 0.5) is 5.69 Å². The number of rotatable bonds is 11. The van der Waals surface area contributed by atoms with Gasteiger partial charge in [0.15, 0.2) is 0 Å². The molecule has 1 rings (SSSR count). The summed E-state index contributed by atoms with van der Waals surface area (Å²) in [5, 5.41) is 12.4. The molecule has 6 nitrogen and oxygen atoms in total. The summed E-state index contributed by atoms with van der Waals surface area (Å²) in [6.07, 6.45) is 3.79. The third-order valence-corrected chi connectivity index (χ3v) is 5.10. The smallest absolute Gasteiger partial charge is 0.337 e. The minimum Gasteiger partial charge on any atom is -0.478 e. The lowest BCUT2D eigenvalue weighted by Crippen LogP contribution is -2.26. The lowest BCUT2D eigenvalue weighted by molar-refractivity contribution is 0.0697. The highest BCUT2D eigenvalue weighted by Crippen LogP contribution is 2.21. The lowest BCUT2D eigenvalue weighted by Gasteiger charge is -2.12. The Kier molecular flexibility index (Phi) is 8.21. The quantitative estimate of drug-likeness (QED) is 0.529. The van der Waals surface area contributed by atoms with Gasteiger partial charge in [-0.2, -0.15) is 0 Å². The number of benzene rings is 1. The molecule has 0 atom stereocenters. The average molecular weight is 356 g/mol. The molecule has 0 fully saturated rings. The fourth-order valence-corrected chi connectivity index (χ4v) is 3.26. The van der Waals surface area contributed by atoms with E-state index in [0.29, 0.717) is 24.7 Å². The highest BCUT2D eigenvalue weighted by Gasteiger charge is 2.18. The lowest BCUT2D eigenvalue weighted by atomic mass is 10.1. The van der Waals surface area contributed by atoms with Gasteiger partial charge in [-0.25, -0.2) is 17.9 Å². The van der Waals surface area contributed by atoms with Gasteiger partial charge in [-0.15, -0.1) is 0 Å². The number of carboxylic acids is 1. The van der Waals surface area contributed by atoms with E-state index in [1.807, 2.05) is 13.8 Å². The Bertz CT molecular complexity index is 642. The first-order valence-electron chi connectivity index (χ1n) is 8.38. The largest absolute Gasteiger partial charge is 0.478 e. The Balaban J connectivity index is 2.90. The van der Waals surface area contributed by atoms with E-state index in [0.717, 1.165) is 25.7 Å². The first-order chi connectivity index (χ1) is 11.3. The zero-order valence-corrected chi connectivity index (χ0v) is 15.4. The molecule has 0 heterocycles. The second-order valence-electron chi connectivity index (χ2n) is 6.23. The van der Waals surface area contributed by atoms with E-state index < -0.39 is 16.0 Å². The summed E-state index contributed by atoms with van der Waals surface area (Å²) in [5.41, 5.74) is 0.415. The van der Waals surface area contributed by atoms with Crippen LogP contribution in [0.5, 0.6) is 0 Å². The molecular weight excluding hydrogens is 328 g/mol. The van der Waals surface area contributed by atoms with Gasteiger partial charge >= 0.3 is 5.97 Å². The maximum absolute atomic E-state index is 12.3. The van der Waals surface area contributed by atoms with E-state index in [2.05, 4.69) is 17.0 Å². The van der Waals surface area contributed by atoms with E-state index >= 15 is 0 Å².